The number of esters is 1. The van der Waals surface area contributed by atoms with E-state index in [9.17, 15) is 9.59 Å². The third kappa shape index (κ3) is 3.01. The molecule has 1 amide bonds. The van der Waals surface area contributed by atoms with Gasteiger partial charge >= 0.3 is 5.97 Å². The van der Waals surface area contributed by atoms with Gasteiger partial charge in [0.25, 0.3) is 0 Å². The molecular weight excluding hydrogens is 260 g/mol. The summed E-state index contributed by atoms with van der Waals surface area (Å²) in [6, 6.07) is 3.37. The predicted octanol–water partition coefficient (Wildman–Crippen LogP) is 1.32. The first-order chi connectivity index (χ1) is 9.52. The highest BCUT2D eigenvalue weighted by molar-refractivity contribution is 5.86. The molecule has 0 saturated carbocycles. The van der Waals surface area contributed by atoms with Crippen LogP contribution < -0.4 is 5.73 Å². The molecule has 0 radical (unpaired) electrons. The first kappa shape index (κ1) is 14.6. The van der Waals surface area contributed by atoms with Gasteiger partial charge in [0, 0.05) is 6.54 Å². The minimum atomic E-state index is -0.489. The van der Waals surface area contributed by atoms with Gasteiger partial charge in [-0.2, -0.15) is 0 Å². The number of ether oxygens (including phenoxy) is 1. The molecule has 0 spiro atoms. The molecule has 1 saturated heterocycles. The van der Waals surface area contributed by atoms with Gasteiger partial charge in [0.05, 0.1) is 19.1 Å². The molecule has 1 aromatic rings. The maximum Gasteiger partial charge on any atom is 0.373 e. The van der Waals surface area contributed by atoms with Gasteiger partial charge < -0.3 is 14.9 Å². The quantitative estimate of drug-likeness (QED) is 0.841. The number of piperidine rings is 1. The number of nitrogens with zero attached hydrogens (tertiary/aromatic N) is 1. The largest absolute Gasteiger partial charge is 0.463 e. The number of nitrogens with two attached hydrogens (primary N) is 1. The van der Waals surface area contributed by atoms with E-state index in [0.29, 0.717) is 12.3 Å². The molecule has 2 atom stereocenters. The number of carbonyl (C=O) groups is 2. The predicted molar refractivity (Wildman–Crippen MR) is 72.0 cm³/mol. The summed E-state index contributed by atoms with van der Waals surface area (Å²) in [5.41, 5.74) is 5.38. The van der Waals surface area contributed by atoms with Gasteiger partial charge in [-0.15, -0.1) is 0 Å². The zero-order chi connectivity index (χ0) is 14.7. The van der Waals surface area contributed by atoms with Crippen LogP contribution in [0.1, 0.15) is 42.1 Å². The Morgan fingerprint density at radius 2 is 2.25 bits per heavy atom. The van der Waals surface area contributed by atoms with E-state index >= 15 is 0 Å². The zero-order valence-corrected chi connectivity index (χ0v) is 11.8. The SMILES string of the molecule is COC(=O)c1ccc(C(C)N2CCCC(C(N)=O)C2)o1. The Labute approximate surface area is 117 Å². The van der Waals surface area contributed by atoms with Crippen LogP contribution in [0.2, 0.25) is 0 Å². The van der Waals surface area contributed by atoms with Crippen molar-refractivity contribution in [3.8, 4) is 0 Å². The molecule has 0 aliphatic carbocycles. The highest BCUT2D eigenvalue weighted by atomic mass is 16.5. The van der Waals surface area contributed by atoms with Crippen LogP contribution in [0.15, 0.2) is 16.5 Å². The molecule has 2 N–H and O–H groups in total. The van der Waals surface area contributed by atoms with Gasteiger partial charge in [-0.3, -0.25) is 9.69 Å². The number of rotatable bonds is 4. The monoisotopic (exact) mass is 280 g/mol. The Kier molecular flexibility index (Phi) is 4.44. The van der Waals surface area contributed by atoms with E-state index in [1.54, 1.807) is 12.1 Å². The second kappa shape index (κ2) is 6.09. The third-order valence-electron chi connectivity index (χ3n) is 3.83. The lowest BCUT2D eigenvalue weighted by Crippen LogP contribution is -2.42. The van der Waals surface area contributed by atoms with Gasteiger partial charge in [-0.1, -0.05) is 0 Å². The van der Waals surface area contributed by atoms with E-state index in [0.717, 1.165) is 19.4 Å². The fraction of sp³-hybridized carbons (Fsp3) is 0.571. The molecule has 6 nitrogen and oxygen atoms in total. The molecule has 110 valence electrons. The lowest BCUT2D eigenvalue weighted by molar-refractivity contribution is -0.123. The number of hydrogen-bond donors (Lipinski definition) is 1. The summed E-state index contributed by atoms with van der Waals surface area (Å²) >= 11 is 0. The number of furan rings is 1. The average molecular weight is 280 g/mol. The molecule has 0 bridgehead atoms. The first-order valence-electron chi connectivity index (χ1n) is 6.74. The fourth-order valence-corrected chi connectivity index (χ4v) is 2.56. The van der Waals surface area contributed by atoms with Gasteiger partial charge in [0.1, 0.15) is 5.76 Å². The highest BCUT2D eigenvalue weighted by Gasteiger charge is 2.29. The Morgan fingerprint density at radius 1 is 1.50 bits per heavy atom. The minimum Gasteiger partial charge on any atom is -0.463 e. The second-order valence-electron chi connectivity index (χ2n) is 5.11. The summed E-state index contributed by atoms with van der Waals surface area (Å²) in [4.78, 5) is 24.8. The van der Waals surface area contributed by atoms with Crippen molar-refractivity contribution in [3.63, 3.8) is 0 Å². The molecule has 1 aromatic heterocycles. The number of hydrogen-bond acceptors (Lipinski definition) is 5. The van der Waals surface area contributed by atoms with Crippen LogP contribution in [-0.4, -0.2) is 37.0 Å². The summed E-state index contributed by atoms with van der Waals surface area (Å²) in [6.07, 6.45) is 1.77. The molecule has 20 heavy (non-hydrogen) atoms. The summed E-state index contributed by atoms with van der Waals surface area (Å²) in [6.45, 7) is 3.51. The van der Waals surface area contributed by atoms with Gasteiger partial charge in [0.15, 0.2) is 0 Å². The number of likely N-dealkylation sites (tertiary alicyclic amines) is 1. The van der Waals surface area contributed by atoms with Crippen molar-refractivity contribution in [2.75, 3.05) is 20.2 Å². The molecule has 1 fully saturated rings. The summed E-state index contributed by atoms with van der Waals surface area (Å²) in [5, 5.41) is 0. The minimum absolute atomic E-state index is 0.00411. The molecule has 1 aliphatic rings. The molecular formula is C14H20N2O4. The fourth-order valence-electron chi connectivity index (χ4n) is 2.56. The Morgan fingerprint density at radius 3 is 2.90 bits per heavy atom. The third-order valence-corrected chi connectivity index (χ3v) is 3.83. The topological polar surface area (TPSA) is 85.8 Å². The van der Waals surface area contributed by atoms with E-state index in [2.05, 4.69) is 9.64 Å². The first-order valence-corrected chi connectivity index (χ1v) is 6.74. The molecule has 1 aliphatic heterocycles. The van der Waals surface area contributed by atoms with Crippen LogP contribution in [0.3, 0.4) is 0 Å². The van der Waals surface area contributed by atoms with Crippen molar-refractivity contribution in [3.05, 3.63) is 23.7 Å². The maximum absolute atomic E-state index is 11.4. The van der Waals surface area contributed by atoms with Gasteiger partial charge in [0.2, 0.25) is 11.7 Å². The number of amides is 1. The Hall–Kier alpha value is -1.82. The smallest absolute Gasteiger partial charge is 0.373 e. The number of methoxy groups -OCH3 is 1. The lowest BCUT2D eigenvalue weighted by atomic mass is 9.96. The second-order valence-corrected chi connectivity index (χ2v) is 5.11. The van der Waals surface area contributed by atoms with Crippen molar-refractivity contribution in [1.82, 2.24) is 4.90 Å². The zero-order valence-electron chi connectivity index (χ0n) is 11.8. The maximum atomic E-state index is 11.4. The summed E-state index contributed by atoms with van der Waals surface area (Å²) in [7, 11) is 1.32. The lowest BCUT2D eigenvalue weighted by Gasteiger charge is -2.34. The van der Waals surface area contributed by atoms with Crippen molar-refractivity contribution >= 4 is 11.9 Å². The van der Waals surface area contributed by atoms with Crippen molar-refractivity contribution < 1.29 is 18.7 Å². The van der Waals surface area contributed by atoms with E-state index in [1.807, 2.05) is 6.92 Å². The van der Waals surface area contributed by atoms with E-state index < -0.39 is 5.97 Å². The molecule has 2 unspecified atom stereocenters. The van der Waals surface area contributed by atoms with Gasteiger partial charge in [-0.25, -0.2) is 4.79 Å². The van der Waals surface area contributed by atoms with E-state index in [1.165, 1.54) is 7.11 Å². The summed E-state index contributed by atoms with van der Waals surface area (Å²) in [5.74, 6) is 0.0308. The molecule has 0 aromatic carbocycles. The normalized spacial score (nSPS) is 21.4. The van der Waals surface area contributed by atoms with Crippen LogP contribution in [0.5, 0.6) is 0 Å². The van der Waals surface area contributed by atoms with Gasteiger partial charge in [-0.05, 0) is 38.4 Å². The summed E-state index contributed by atoms with van der Waals surface area (Å²) < 4.78 is 10.1. The van der Waals surface area contributed by atoms with Crippen LogP contribution >= 0.6 is 0 Å². The highest BCUT2D eigenvalue weighted by Crippen LogP contribution is 2.27. The van der Waals surface area contributed by atoms with Crippen LogP contribution in [0, 0.1) is 5.92 Å². The molecule has 2 heterocycles. The Bertz CT molecular complexity index is 497. The van der Waals surface area contributed by atoms with Crippen molar-refractivity contribution in [1.29, 1.82) is 0 Å². The standard InChI is InChI=1S/C14H20N2O4/c1-9(11-5-6-12(20-11)14(18)19-2)16-7-3-4-10(8-16)13(15)17/h5-6,9-10H,3-4,7-8H2,1-2H3,(H2,15,17). The van der Waals surface area contributed by atoms with Crippen LogP contribution in [-0.2, 0) is 9.53 Å². The Balaban J connectivity index is 2.06. The number of primary amides is 1. The average Bonchev–Trinajstić information content (AvgIpc) is 2.95. The molecule has 2 rings (SSSR count). The van der Waals surface area contributed by atoms with Crippen molar-refractivity contribution in [2.24, 2.45) is 11.7 Å². The van der Waals surface area contributed by atoms with Crippen LogP contribution in [0.25, 0.3) is 0 Å². The van der Waals surface area contributed by atoms with E-state index in [4.69, 9.17) is 10.2 Å². The van der Waals surface area contributed by atoms with Crippen LogP contribution in [0.4, 0.5) is 0 Å². The van der Waals surface area contributed by atoms with Crippen molar-refractivity contribution in [2.45, 2.75) is 25.8 Å². The molecule has 6 heteroatoms. The van der Waals surface area contributed by atoms with E-state index in [-0.39, 0.29) is 23.6 Å². The number of carbonyl (C=O) groups excluding carboxylic acids is 2.